The van der Waals surface area contributed by atoms with Crippen LogP contribution in [0.5, 0.6) is 0 Å². The molecule has 3 aromatic rings. The highest BCUT2D eigenvalue weighted by molar-refractivity contribution is 7.13. The van der Waals surface area contributed by atoms with Gasteiger partial charge in [0.1, 0.15) is 10.8 Å². The van der Waals surface area contributed by atoms with Crippen molar-refractivity contribution in [3.8, 4) is 10.6 Å². The number of carbonyl (C=O) groups excluding carboxylic acids is 2. The van der Waals surface area contributed by atoms with Crippen molar-refractivity contribution in [2.24, 2.45) is 0 Å². The number of rotatable bonds is 5. The third kappa shape index (κ3) is 5.01. The van der Waals surface area contributed by atoms with E-state index in [1.54, 1.807) is 13.0 Å². The van der Waals surface area contributed by atoms with Crippen molar-refractivity contribution in [1.82, 2.24) is 10.3 Å². The average Bonchev–Trinajstić information content (AvgIpc) is 3.14. The van der Waals surface area contributed by atoms with Crippen LogP contribution in [0.1, 0.15) is 16.8 Å². The third-order valence-corrected chi connectivity index (χ3v) is 5.09. The highest BCUT2D eigenvalue weighted by Crippen LogP contribution is 2.24. The Bertz CT molecular complexity index is 999. The zero-order valence-corrected chi connectivity index (χ0v) is 16.4. The second-order valence-corrected chi connectivity index (χ2v) is 7.29. The molecule has 7 heteroatoms. The molecule has 0 fully saturated rings. The summed E-state index contributed by atoms with van der Waals surface area (Å²) in [7, 11) is 0. The molecule has 1 aromatic heterocycles. The normalized spacial score (nSPS) is 10.5. The molecule has 0 aliphatic rings. The Morgan fingerprint density at radius 3 is 2.54 bits per heavy atom. The average molecular weight is 397 g/mol. The lowest BCUT2D eigenvalue weighted by atomic mass is 10.2. The molecule has 2 aromatic carbocycles. The maximum absolute atomic E-state index is 13.5. The first-order valence-corrected chi connectivity index (χ1v) is 9.67. The molecule has 2 N–H and O–H groups in total. The van der Waals surface area contributed by atoms with Crippen molar-refractivity contribution in [2.75, 3.05) is 11.9 Å². The summed E-state index contributed by atoms with van der Waals surface area (Å²) < 4.78 is 13.5. The number of benzene rings is 2. The molecule has 0 spiro atoms. The van der Waals surface area contributed by atoms with Gasteiger partial charge in [-0.25, -0.2) is 9.37 Å². The minimum Gasteiger partial charge on any atom is -0.347 e. The van der Waals surface area contributed by atoms with Crippen LogP contribution in [0.4, 0.5) is 10.1 Å². The van der Waals surface area contributed by atoms with Gasteiger partial charge in [-0.15, -0.1) is 11.3 Å². The summed E-state index contributed by atoms with van der Waals surface area (Å²) in [5.74, 6) is -2.04. The van der Waals surface area contributed by atoms with Gasteiger partial charge in [0.2, 0.25) is 0 Å². The standard InChI is InChI=1S/C21H20FN3O2S/c1-13-3-6-15(7-4-13)21-25-17(12-28-21)9-10-23-19(26)20(27)24-16-8-5-14(2)18(22)11-16/h3-8,11-12H,9-10H2,1-2H3,(H,23,26)(H,24,27). The molecule has 28 heavy (non-hydrogen) atoms. The Hall–Kier alpha value is -3.06. The summed E-state index contributed by atoms with van der Waals surface area (Å²) in [6.45, 7) is 3.94. The molecule has 0 saturated carbocycles. The highest BCUT2D eigenvalue weighted by atomic mass is 32.1. The molecule has 0 radical (unpaired) electrons. The number of nitrogens with zero attached hydrogens (tertiary/aromatic N) is 1. The van der Waals surface area contributed by atoms with Crippen LogP contribution in [0, 0.1) is 19.7 Å². The first kappa shape index (κ1) is 19.7. The van der Waals surface area contributed by atoms with Crippen molar-refractivity contribution < 1.29 is 14.0 Å². The van der Waals surface area contributed by atoms with Crippen molar-refractivity contribution in [1.29, 1.82) is 0 Å². The fourth-order valence-electron chi connectivity index (χ4n) is 2.49. The Kier molecular flexibility index (Phi) is 6.16. The van der Waals surface area contributed by atoms with E-state index in [0.717, 1.165) is 16.3 Å². The molecule has 144 valence electrons. The highest BCUT2D eigenvalue weighted by Gasteiger charge is 2.14. The van der Waals surface area contributed by atoms with Crippen LogP contribution >= 0.6 is 11.3 Å². The van der Waals surface area contributed by atoms with Crippen molar-refractivity contribution >= 4 is 28.8 Å². The monoisotopic (exact) mass is 397 g/mol. The lowest BCUT2D eigenvalue weighted by Crippen LogP contribution is -2.36. The molecule has 0 aliphatic heterocycles. The van der Waals surface area contributed by atoms with Crippen LogP contribution < -0.4 is 10.6 Å². The van der Waals surface area contributed by atoms with Crippen molar-refractivity contribution in [2.45, 2.75) is 20.3 Å². The number of aromatic nitrogens is 1. The molecule has 3 rings (SSSR count). The number of hydrogen-bond donors (Lipinski definition) is 2. The van der Waals surface area contributed by atoms with E-state index in [0.29, 0.717) is 12.0 Å². The number of aryl methyl sites for hydroxylation is 2. The van der Waals surface area contributed by atoms with Crippen LogP contribution in [0.25, 0.3) is 10.6 Å². The second kappa shape index (κ2) is 8.75. The number of nitrogens with one attached hydrogen (secondary N) is 2. The van der Waals surface area contributed by atoms with Crippen LogP contribution in [0.3, 0.4) is 0 Å². The molecular formula is C21H20FN3O2S. The summed E-state index contributed by atoms with van der Waals surface area (Å²) in [5.41, 5.74) is 3.80. The quantitative estimate of drug-likeness (QED) is 0.642. The number of hydrogen-bond acceptors (Lipinski definition) is 4. The van der Waals surface area contributed by atoms with Gasteiger partial charge in [0.25, 0.3) is 0 Å². The Morgan fingerprint density at radius 1 is 1.07 bits per heavy atom. The molecule has 0 saturated heterocycles. The van der Waals surface area contributed by atoms with Gasteiger partial charge in [0.15, 0.2) is 0 Å². The number of amides is 2. The Morgan fingerprint density at radius 2 is 1.82 bits per heavy atom. The molecule has 0 atom stereocenters. The fourth-order valence-corrected chi connectivity index (χ4v) is 3.35. The van der Waals surface area contributed by atoms with Gasteiger partial charge in [-0.2, -0.15) is 0 Å². The van der Waals surface area contributed by atoms with Crippen LogP contribution in [-0.2, 0) is 16.0 Å². The zero-order valence-electron chi connectivity index (χ0n) is 15.6. The summed E-state index contributed by atoms with van der Waals surface area (Å²) in [6.07, 6.45) is 0.514. The zero-order chi connectivity index (χ0) is 20.1. The van der Waals surface area contributed by atoms with E-state index < -0.39 is 17.6 Å². The molecule has 0 bridgehead atoms. The van der Waals surface area contributed by atoms with Crippen LogP contribution in [0.2, 0.25) is 0 Å². The smallest absolute Gasteiger partial charge is 0.313 e. The molecular weight excluding hydrogens is 377 g/mol. The summed E-state index contributed by atoms with van der Waals surface area (Å²) in [6, 6.07) is 12.4. The van der Waals surface area contributed by atoms with E-state index in [9.17, 15) is 14.0 Å². The Labute approximate surface area is 166 Å². The third-order valence-electron chi connectivity index (χ3n) is 4.15. The molecule has 5 nitrogen and oxygen atoms in total. The number of anilines is 1. The van der Waals surface area contributed by atoms with E-state index in [2.05, 4.69) is 15.6 Å². The lowest BCUT2D eigenvalue weighted by molar-refractivity contribution is -0.136. The number of halogens is 1. The van der Waals surface area contributed by atoms with E-state index in [1.807, 2.05) is 36.6 Å². The number of thiazole rings is 1. The largest absolute Gasteiger partial charge is 0.347 e. The van der Waals surface area contributed by atoms with Crippen LogP contribution in [0.15, 0.2) is 47.8 Å². The maximum atomic E-state index is 13.5. The van der Waals surface area contributed by atoms with E-state index in [4.69, 9.17) is 0 Å². The Balaban J connectivity index is 1.49. The van der Waals surface area contributed by atoms with Gasteiger partial charge in [-0.05, 0) is 31.5 Å². The van der Waals surface area contributed by atoms with Crippen molar-refractivity contribution in [3.05, 3.63) is 70.5 Å². The fraction of sp³-hybridized carbons (Fsp3) is 0.190. The molecule has 0 aliphatic carbocycles. The van der Waals surface area contributed by atoms with Gasteiger partial charge in [0.05, 0.1) is 5.69 Å². The molecule has 1 heterocycles. The summed E-state index contributed by atoms with van der Waals surface area (Å²) in [5, 5.41) is 7.80. The maximum Gasteiger partial charge on any atom is 0.313 e. The SMILES string of the molecule is Cc1ccc(-c2nc(CCNC(=O)C(=O)Nc3ccc(C)c(F)c3)cs2)cc1. The molecule has 2 amide bonds. The topological polar surface area (TPSA) is 71.1 Å². The summed E-state index contributed by atoms with van der Waals surface area (Å²) in [4.78, 5) is 28.4. The van der Waals surface area contributed by atoms with Gasteiger partial charge >= 0.3 is 11.8 Å². The number of carbonyl (C=O) groups is 2. The minimum absolute atomic E-state index is 0.241. The van der Waals surface area contributed by atoms with Gasteiger partial charge < -0.3 is 10.6 Å². The second-order valence-electron chi connectivity index (χ2n) is 6.43. The van der Waals surface area contributed by atoms with E-state index in [-0.39, 0.29) is 12.2 Å². The van der Waals surface area contributed by atoms with Gasteiger partial charge in [-0.1, -0.05) is 35.9 Å². The van der Waals surface area contributed by atoms with E-state index in [1.165, 1.54) is 29.0 Å². The van der Waals surface area contributed by atoms with Crippen molar-refractivity contribution in [3.63, 3.8) is 0 Å². The van der Waals surface area contributed by atoms with E-state index >= 15 is 0 Å². The first-order chi connectivity index (χ1) is 13.4. The predicted octanol–water partition coefficient (Wildman–Crippen LogP) is 3.86. The van der Waals surface area contributed by atoms with Gasteiger partial charge in [0, 0.05) is 29.6 Å². The lowest BCUT2D eigenvalue weighted by Gasteiger charge is -2.07. The summed E-state index contributed by atoms with van der Waals surface area (Å²) >= 11 is 1.54. The minimum atomic E-state index is -0.832. The van der Waals surface area contributed by atoms with Gasteiger partial charge in [-0.3, -0.25) is 9.59 Å². The predicted molar refractivity (Wildman–Crippen MR) is 109 cm³/mol. The molecule has 0 unspecified atom stereocenters. The first-order valence-electron chi connectivity index (χ1n) is 8.79. The van der Waals surface area contributed by atoms with Crippen LogP contribution in [-0.4, -0.2) is 23.3 Å².